The molecule has 5 heteroatoms. The Morgan fingerprint density at radius 1 is 1.26 bits per heavy atom. The van der Waals surface area contributed by atoms with Gasteiger partial charge in [-0.15, -0.1) is 11.3 Å². The summed E-state index contributed by atoms with van der Waals surface area (Å²) in [6.45, 7) is 2.90. The summed E-state index contributed by atoms with van der Waals surface area (Å²) >= 11 is 7.42. The van der Waals surface area contributed by atoms with Crippen molar-refractivity contribution in [2.45, 2.75) is 13.5 Å². The molecule has 0 unspecified atom stereocenters. The standard InChI is InChI=1S/C14H14ClNO2S/c1-2-18-14(17)10-3-5-11(6-4-10)16-9-12-7-8-13(15)19-12/h3-8,16H,2,9H2,1H3. The van der Waals surface area contributed by atoms with Crippen LogP contribution < -0.4 is 5.32 Å². The second-order valence-electron chi connectivity index (χ2n) is 3.86. The van der Waals surface area contributed by atoms with Gasteiger partial charge >= 0.3 is 5.97 Å². The maximum absolute atomic E-state index is 11.5. The van der Waals surface area contributed by atoms with Gasteiger partial charge in [0, 0.05) is 17.1 Å². The molecule has 1 heterocycles. The number of anilines is 1. The fourth-order valence-electron chi connectivity index (χ4n) is 1.57. The molecular formula is C14H14ClNO2S. The van der Waals surface area contributed by atoms with Crippen molar-refractivity contribution in [1.29, 1.82) is 0 Å². The van der Waals surface area contributed by atoms with E-state index in [1.807, 2.05) is 24.3 Å². The first kappa shape index (κ1) is 13.9. The van der Waals surface area contributed by atoms with Crippen molar-refractivity contribution in [2.24, 2.45) is 0 Å². The molecule has 0 bridgehead atoms. The second-order valence-corrected chi connectivity index (χ2v) is 5.66. The number of thiophene rings is 1. The van der Waals surface area contributed by atoms with Crippen molar-refractivity contribution in [3.63, 3.8) is 0 Å². The van der Waals surface area contributed by atoms with Gasteiger partial charge in [-0.2, -0.15) is 0 Å². The number of carbonyl (C=O) groups excluding carboxylic acids is 1. The third-order valence-electron chi connectivity index (χ3n) is 2.49. The van der Waals surface area contributed by atoms with Crippen LogP contribution in [0.25, 0.3) is 0 Å². The minimum atomic E-state index is -0.293. The van der Waals surface area contributed by atoms with Gasteiger partial charge in [-0.1, -0.05) is 11.6 Å². The summed E-state index contributed by atoms with van der Waals surface area (Å²) in [5.41, 5.74) is 1.52. The van der Waals surface area contributed by atoms with Crippen LogP contribution in [0, 0.1) is 0 Å². The SMILES string of the molecule is CCOC(=O)c1ccc(NCc2ccc(Cl)s2)cc1. The topological polar surface area (TPSA) is 38.3 Å². The van der Waals surface area contributed by atoms with Crippen LogP contribution in [0.2, 0.25) is 4.34 Å². The summed E-state index contributed by atoms with van der Waals surface area (Å²) in [4.78, 5) is 12.6. The van der Waals surface area contributed by atoms with E-state index in [4.69, 9.17) is 16.3 Å². The molecule has 100 valence electrons. The molecule has 0 aliphatic carbocycles. The molecular weight excluding hydrogens is 282 g/mol. The number of rotatable bonds is 5. The summed E-state index contributed by atoms with van der Waals surface area (Å²) in [6, 6.07) is 11.1. The molecule has 0 amide bonds. The Labute approximate surface area is 121 Å². The highest BCUT2D eigenvalue weighted by Crippen LogP contribution is 2.22. The smallest absolute Gasteiger partial charge is 0.338 e. The molecule has 0 fully saturated rings. The van der Waals surface area contributed by atoms with Gasteiger partial charge in [0.25, 0.3) is 0 Å². The average molecular weight is 296 g/mol. The number of halogens is 1. The van der Waals surface area contributed by atoms with Gasteiger partial charge in [0.1, 0.15) is 0 Å². The first-order valence-electron chi connectivity index (χ1n) is 5.94. The highest BCUT2D eigenvalue weighted by Gasteiger charge is 2.05. The Kier molecular flexibility index (Phi) is 4.82. The summed E-state index contributed by atoms with van der Waals surface area (Å²) < 4.78 is 5.71. The zero-order chi connectivity index (χ0) is 13.7. The largest absolute Gasteiger partial charge is 0.462 e. The molecule has 1 aromatic heterocycles. The number of ether oxygens (including phenoxy) is 1. The zero-order valence-corrected chi connectivity index (χ0v) is 12.1. The van der Waals surface area contributed by atoms with Crippen molar-refractivity contribution in [1.82, 2.24) is 0 Å². The molecule has 0 aliphatic rings. The number of benzene rings is 1. The molecule has 2 rings (SSSR count). The van der Waals surface area contributed by atoms with E-state index in [1.54, 1.807) is 30.4 Å². The average Bonchev–Trinajstić information content (AvgIpc) is 2.83. The third-order valence-corrected chi connectivity index (χ3v) is 3.72. The lowest BCUT2D eigenvalue weighted by Gasteiger charge is -2.06. The Morgan fingerprint density at radius 3 is 2.58 bits per heavy atom. The molecule has 0 saturated heterocycles. The minimum absolute atomic E-state index is 0.293. The molecule has 3 nitrogen and oxygen atoms in total. The summed E-state index contributed by atoms with van der Waals surface area (Å²) in [7, 11) is 0. The molecule has 2 aromatic rings. The molecule has 1 N–H and O–H groups in total. The van der Waals surface area contributed by atoms with Crippen LogP contribution in [0.15, 0.2) is 36.4 Å². The van der Waals surface area contributed by atoms with E-state index in [0.717, 1.165) is 16.6 Å². The van der Waals surface area contributed by atoms with Gasteiger partial charge < -0.3 is 10.1 Å². The van der Waals surface area contributed by atoms with E-state index in [0.29, 0.717) is 12.2 Å². The van der Waals surface area contributed by atoms with E-state index < -0.39 is 0 Å². The van der Waals surface area contributed by atoms with Crippen molar-refractivity contribution in [3.05, 3.63) is 51.2 Å². The lowest BCUT2D eigenvalue weighted by molar-refractivity contribution is 0.0526. The molecule has 0 aliphatic heterocycles. The monoisotopic (exact) mass is 295 g/mol. The minimum Gasteiger partial charge on any atom is -0.462 e. The van der Waals surface area contributed by atoms with Crippen molar-refractivity contribution in [3.8, 4) is 0 Å². The Bertz CT molecular complexity index is 551. The van der Waals surface area contributed by atoms with Gasteiger partial charge in [0.2, 0.25) is 0 Å². The van der Waals surface area contributed by atoms with Gasteiger partial charge in [0.15, 0.2) is 0 Å². The van der Waals surface area contributed by atoms with E-state index >= 15 is 0 Å². The zero-order valence-electron chi connectivity index (χ0n) is 10.5. The molecule has 0 spiro atoms. The summed E-state index contributed by atoms with van der Waals surface area (Å²) in [5.74, 6) is -0.293. The lowest BCUT2D eigenvalue weighted by atomic mass is 10.2. The van der Waals surface area contributed by atoms with Crippen LogP contribution in [0.3, 0.4) is 0 Å². The van der Waals surface area contributed by atoms with Crippen molar-refractivity contribution in [2.75, 3.05) is 11.9 Å². The van der Waals surface area contributed by atoms with E-state index in [-0.39, 0.29) is 5.97 Å². The van der Waals surface area contributed by atoms with E-state index in [9.17, 15) is 4.79 Å². The molecule has 0 radical (unpaired) electrons. The normalized spacial score (nSPS) is 10.2. The third kappa shape index (κ3) is 3.98. The Morgan fingerprint density at radius 2 is 2.00 bits per heavy atom. The number of hydrogen-bond donors (Lipinski definition) is 1. The van der Waals surface area contributed by atoms with Crippen LogP contribution in [-0.4, -0.2) is 12.6 Å². The fourth-order valence-corrected chi connectivity index (χ4v) is 2.60. The summed E-state index contributed by atoms with van der Waals surface area (Å²) in [6.07, 6.45) is 0. The van der Waals surface area contributed by atoms with Crippen LogP contribution in [0.4, 0.5) is 5.69 Å². The highest BCUT2D eigenvalue weighted by molar-refractivity contribution is 7.16. The number of hydrogen-bond acceptors (Lipinski definition) is 4. The van der Waals surface area contributed by atoms with E-state index in [1.165, 1.54) is 4.88 Å². The van der Waals surface area contributed by atoms with Crippen molar-refractivity contribution >= 4 is 34.6 Å². The molecule has 0 atom stereocenters. The first-order valence-corrected chi connectivity index (χ1v) is 7.13. The second kappa shape index (κ2) is 6.59. The predicted molar refractivity (Wildman–Crippen MR) is 79.1 cm³/mol. The predicted octanol–water partition coefficient (Wildman–Crippen LogP) is 4.19. The van der Waals surface area contributed by atoms with Gasteiger partial charge in [0.05, 0.1) is 16.5 Å². The number of carbonyl (C=O) groups is 1. The quantitative estimate of drug-likeness (QED) is 0.841. The highest BCUT2D eigenvalue weighted by atomic mass is 35.5. The van der Waals surface area contributed by atoms with Crippen LogP contribution in [-0.2, 0) is 11.3 Å². The maximum Gasteiger partial charge on any atom is 0.338 e. The first-order chi connectivity index (χ1) is 9.19. The summed E-state index contributed by atoms with van der Waals surface area (Å²) in [5, 5.41) is 3.27. The van der Waals surface area contributed by atoms with Gasteiger partial charge in [-0.3, -0.25) is 0 Å². The Balaban J connectivity index is 1.93. The molecule has 19 heavy (non-hydrogen) atoms. The van der Waals surface area contributed by atoms with E-state index in [2.05, 4.69) is 5.32 Å². The van der Waals surface area contributed by atoms with Crippen LogP contribution >= 0.6 is 22.9 Å². The van der Waals surface area contributed by atoms with Crippen molar-refractivity contribution < 1.29 is 9.53 Å². The van der Waals surface area contributed by atoms with Gasteiger partial charge in [-0.05, 0) is 43.3 Å². The molecule has 1 aromatic carbocycles. The fraction of sp³-hybridized carbons (Fsp3) is 0.214. The van der Waals surface area contributed by atoms with Gasteiger partial charge in [-0.25, -0.2) is 4.79 Å². The number of esters is 1. The Hall–Kier alpha value is -1.52. The molecule has 0 saturated carbocycles. The van der Waals surface area contributed by atoms with Crippen LogP contribution in [0.5, 0.6) is 0 Å². The lowest BCUT2D eigenvalue weighted by Crippen LogP contribution is -2.04. The van der Waals surface area contributed by atoms with Crippen LogP contribution in [0.1, 0.15) is 22.2 Å². The number of nitrogens with one attached hydrogen (secondary N) is 1. The maximum atomic E-state index is 11.5.